The average Bonchev–Trinajstić information content (AvgIpc) is 2.47. The van der Waals surface area contributed by atoms with E-state index in [4.69, 9.17) is 11.6 Å². The zero-order valence-electron chi connectivity index (χ0n) is 10.1. The molecular formula is C15H11ClN2S. The second kappa shape index (κ2) is 5.59. The Morgan fingerprint density at radius 2 is 1.79 bits per heavy atom. The van der Waals surface area contributed by atoms with E-state index < -0.39 is 0 Å². The van der Waals surface area contributed by atoms with Crippen LogP contribution < -0.4 is 0 Å². The van der Waals surface area contributed by atoms with E-state index >= 15 is 0 Å². The summed E-state index contributed by atoms with van der Waals surface area (Å²) in [7, 11) is 0. The largest absolute Gasteiger partial charge is 0.157 e. The standard InChI is InChI=1S/C15H11ClN2S/c16-13-7-5-11(6-8-13)10-19-15-14-4-2-1-3-12(14)9-17-18-15/h1-9H,10H2. The van der Waals surface area contributed by atoms with Crippen LogP contribution in [0, 0.1) is 0 Å². The van der Waals surface area contributed by atoms with Crippen LogP contribution in [-0.4, -0.2) is 10.2 Å². The molecule has 4 heteroatoms. The van der Waals surface area contributed by atoms with Crippen LogP contribution in [0.3, 0.4) is 0 Å². The first kappa shape index (κ1) is 12.5. The maximum atomic E-state index is 5.88. The van der Waals surface area contributed by atoms with E-state index in [1.165, 1.54) is 5.56 Å². The Hall–Kier alpha value is -1.58. The predicted octanol–water partition coefficient (Wildman–Crippen LogP) is 4.58. The molecule has 0 amide bonds. The highest BCUT2D eigenvalue weighted by Crippen LogP contribution is 2.27. The van der Waals surface area contributed by atoms with Crippen molar-refractivity contribution in [3.8, 4) is 0 Å². The molecule has 2 aromatic carbocycles. The molecule has 3 rings (SSSR count). The quantitative estimate of drug-likeness (QED) is 0.659. The molecule has 0 radical (unpaired) electrons. The molecule has 0 unspecified atom stereocenters. The Balaban J connectivity index is 1.84. The van der Waals surface area contributed by atoms with Crippen LogP contribution in [0.15, 0.2) is 59.8 Å². The van der Waals surface area contributed by atoms with Crippen LogP contribution >= 0.6 is 23.4 Å². The Bertz CT molecular complexity index is 693. The fourth-order valence-corrected chi connectivity index (χ4v) is 2.91. The number of benzene rings is 2. The van der Waals surface area contributed by atoms with Crippen LogP contribution in [0.2, 0.25) is 5.02 Å². The summed E-state index contributed by atoms with van der Waals surface area (Å²) in [6, 6.07) is 16.1. The second-order valence-electron chi connectivity index (χ2n) is 4.15. The molecule has 0 aliphatic carbocycles. The Morgan fingerprint density at radius 1 is 1.00 bits per heavy atom. The first-order valence-electron chi connectivity index (χ1n) is 5.90. The van der Waals surface area contributed by atoms with Gasteiger partial charge in [0, 0.05) is 21.5 Å². The summed E-state index contributed by atoms with van der Waals surface area (Å²) in [5, 5.41) is 12.3. The molecule has 94 valence electrons. The Labute approximate surface area is 120 Å². The van der Waals surface area contributed by atoms with Gasteiger partial charge in [0.1, 0.15) is 5.03 Å². The lowest BCUT2D eigenvalue weighted by Gasteiger charge is -2.04. The third kappa shape index (κ3) is 2.88. The van der Waals surface area contributed by atoms with Crippen LogP contribution in [0.25, 0.3) is 10.8 Å². The topological polar surface area (TPSA) is 25.8 Å². The minimum absolute atomic E-state index is 0.763. The summed E-state index contributed by atoms with van der Waals surface area (Å²) in [6.07, 6.45) is 1.79. The Kier molecular flexibility index (Phi) is 3.67. The number of halogens is 1. The molecule has 2 nitrogen and oxygen atoms in total. The summed E-state index contributed by atoms with van der Waals surface area (Å²) in [5.41, 5.74) is 1.23. The van der Waals surface area contributed by atoms with E-state index in [9.17, 15) is 0 Å². The van der Waals surface area contributed by atoms with Crippen molar-refractivity contribution in [2.24, 2.45) is 0 Å². The molecular weight excluding hydrogens is 276 g/mol. The van der Waals surface area contributed by atoms with E-state index in [0.717, 1.165) is 26.6 Å². The van der Waals surface area contributed by atoms with Crippen LogP contribution in [0.4, 0.5) is 0 Å². The van der Waals surface area contributed by atoms with Gasteiger partial charge in [-0.2, -0.15) is 5.10 Å². The fourth-order valence-electron chi connectivity index (χ4n) is 1.84. The number of hydrogen-bond donors (Lipinski definition) is 0. The van der Waals surface area contributed by atoms with Crippen molar-refractivity contribution in [1.82, 2.24) is 10.2 Å². The first-order valence-corrected chi connectivity index (χ1v) is 7.27. The van der Waals surface area contributed by atoms with E-state index in [0.29, 0.717) is 0 Å². The number of thioether (sulfide) groups is 1. The van der Waals surface area contributed by atoms with Crippen molar-refractivity contribution in [3.05, 3.63) is 65.3 Å². The lowest BCUT2D eigenvalue weighted by molar-refractivity contribution is 0.955. The van der Waals surface area contributed by atoms with Gasteiger partial charge in [0.25, 0.3) is 0 Å². The van der Waals surface area contributed by atoms with Crippen molar-refractivity contribution < 1.29 is 0 Å². The van der Waals surface area contributed by atoms with Crippen molar-refractivity contribution in [3.63, 3.8) is 0 Å². The van der Waals surface area contributed by atoms with Gasteiger partial charge in [-0.05, 0) is 17.7 Å². The molecule has 0 aliphatic heterocycles. The minimum Gasteiger partial charge on any atom is -0.157 e. The number of nitrogens with zero attached hydrogens (tertiary/aromatic N) is 2. The maximum Gasteiger partial charge on any atom is 0.127 e. The second-order valence-corrected chi connectivity index (χ2v) is 5.55. The lowest BCUT2D eigenvalue weighted by Crippen LogP contribution is -1.88. The SMILES string of the molecule is Clc1ccc(CSc2nncc3ccccc23)cc1. The number of rotatable bonds is 3. The van der Waals surface area contributed by atoms with E-state index in [-0.39, 0.29) is 0 Å². The molecule has 3 aromatic rings. The minimum atomic E-state index is 0.763. The number of fused-ring (bicyclic) bond motifs is 1. The molecule has 0 spiro atoms. The summed E-state index contributed by atoms with van der Waals surface area (Å²) in [6.45, 7) is 0. The van der Waals surface area contributed by atoms with Crippen molar-refractivity contribution in [1.29, 1.82) is 0 Å². The molecule has 1 heterocycles. The molecule has 0 aliphatic rings. The summed E-state index contributed by atoms with van der Waals surface area (Å²) >= 11 is 7.57. The molecule has 0 atom stereocenters. The van der Waals surface area contributed by atoms with Crippen LogP contribution in [0.5, 0.6) is 0 Å². The molecule has 0 N–H and O–H groups in total. The molecule has 1 aromatic heterocycles. The monoisotopic (exact) mass is 286 g/mol. The molecule has 0 bridgehead atoms. The van der Waals surface area contributed by atoms with Crippen LogP contribution in [-0.2, 0) is 5.75 Å². The highest BCUT2D eigenvalue weighted by Gasteiger charge is 2.04. The number of hydrogen-bond acceptors (Lipinski definition) is 3. The molecule has 0 saturated heterocycles. The average molecular weight is 287 g/mol. The van der Waals surface area contributed by atoms with Gasteiger partial charge in [0.05, 0.1) is 6.20 Å². The summed E-state index contributed by atoms with van der Waals surface area (Å²) in [4.78, 5) is 0. The highest BCUT2D eigenvalue weighted by molar-refractivity contribution is 7.98. The van der Waals surface area contributed by atoms with Gasteiger partial charge in [0.15, 0.2) is 0 Å². The predicted molar refractivity (Wildman–Crippen MR) is 80.6 cm³/mol. The summed E-state index contributed by atoms with van der Waals surface area (Å²) < 4.78 is 0. The van der Waals surface area contributed by atoms with Gasteiger partial charge in [-0.25, -0.2) is 0 Å². The van der Waals surface area contributed by atoms with Crippen molar-refractivity contribution >= 4 is 34.1 Å². The first-order chi connectivity index (χ1) is 9.33. The highest BCUT2D eigenvalue weighted by atomic mass is 35.5. The third-order valence-corrected chi connectivity index (χ3v) is 4.13. The molecule has 0 saturated carbocycles. The van der Waals surface area contributed by atoms with Gasteiger partial charge in [0.2, 0.25) is 0 Å². The van der Waals surface area contributed by atoms with Crippen molar-refractivity contribution in [2.45, 2.75) is 10.8 Å². The summed E-state index contributed by atoms with van der Waals surface area (Å²) in [5.74, 6) is 0.861. The van der Waals surface area contributed by atoms with E-state index in [1.54, 1.807) is 18.0 Å². The van der Waals surface area contributed by atoms with Gasteiger partial charge < -0.3 is 0 Å². The third-order valence-electron chi connectivity index (χ3n) is 2.83. The van der Waals surface area contributed by atoms with Gasteiger partial charge in [-0.1, -0.05) is 59.8 Å². The molecule has 0 fully saturated rings. The smallest absolute Gasteiger partial charge is 0.127 e. The lowest BCUT2D eigenvalue weighted by atomic mass is 10.2. The normalized spacial score (nSPS) is 10.8. The van der Waals surface area contributed by atoms with Crippen molar-refractivity contribution in [2.75, 3.05) is 0 Å². The molecule has 19 heavy (non-hydrogen) atoms. The maximum absolute atomic E-state index is 5.88. The van der Waals surface area contributed by atoms with Gasteiger partial charge >= 0.3 is 0 Å². The van der Waals surface area contributed by atoms with Crippen LogP contribution in [0.1, 0.15) is 5.56 Å². The zero-order valence-corrected chi connectivity index (χ0v) is 11.7. The van der Waals surface area contributed by atoms with E-state index in [1.807, 2.05) is 36.4 Å². The van der Waals surface area contributed by atoms with E-state index in [2.05, 4.69) is 22.3 Å². The van der Waals surface area contributed by atoms with Gasteiger partial charge in [-0.15, -0.1) is 5.10 Å². The Morgan fingerprint density at radius 3 is 2.63 bits per heavy atom. The zero-order chi connectivity index (χ0) is 13.1. The van der Waals surface area contributed by atoms with Gasteiger partial charge in [-0.3, -0.25) is 0 Å². The number of aromatic nitrogens is 2. The fraction of sp³-hybridized carbons (Fsp3) is 0.0667.